The zero-order valence-corrected chi connectivity index (χ0v) is 9.81. The number of aryl methyl sites for hydroxylation is 1. The fraction of sp³-hybridized carbons (Fsp3) is 0.250. The van der Waals surface area contributed by atoms with Gasteiger partial charge in [0, 0.05) is 11.6 Å². The molecule has 17 heavy (non-hydrogen) atoms. The first kappa shape index (κ1) is 10.4. The van der Waals surface area contributed by atoms with Crippen LogP contribution in [0.15, 0.2) is 29.2 Å². The minimum absolute atomic E-state index is 0.222. The summed E-state index contributed by atoms with van der Waals surface area (Å²) in [5.74, 6) is -0.366. The Morgan fingerprint density at radius 2 is 2.41 bits per heavy atom. The molecule has 0 saturated carbocycles. The third-order valence-corrected chi connectivity index (χ3v) is 3.38. The van der Waals surface area contributed by atoms with E-state index in [2.05, 4.69) is 9.97 Å². The molecule has 1 unspecified atom stereocenters. The third kappa shape index (κ3) is 1.93. The Morgan fingerprint density at radius 3 is 3.24 bits per heavy atom. The largest absolute Gasteiger partial charge is 0.451 e. The quantitative estimate of drug-likeness (QED) is 0.763. The Morgan fingerprint density at radius 1 is 1.47 bits per heavy atom. The van der Waals surface area contributed by atoms with E-state index in [0.29, 0.717) is 5.69 Å². The Bertz CT molecular complexity index is 539. The Hall–Kier alpha value is -1.75. The maximum Gasteiger partial charge on any atom is 0.358 e. The number of thiazole rings is 1. The Labute approximate surface area is 102 Å². The van der Waals surface area contributed by atoms with Gasteiger partial charge in [-0.05, 0) is 24.5 Å². The fourth-order valence-electron chi connectivity index (χ4n) is 1.99. The van der Waals surface area contributed by atoms with E-state index in [0.717, 1.165) is 18.5 Å². The van der Waals surface area contributed by atoms with Crippen molar-refractivity contribution < 1.29 is 9.53 Å². The topological polar surface area (TPSA) is 52.1 Å². The summed E-state index contributed by atoms with van der Waals surface area (Å²) in [5, 5.41) is 1.69. The average molecular weight is 246 g/mol. The minimum atomic E-state index is -0.366. The zero-order chi connectivity index (χ0) is 11.7. The molecule has 5 heteroatoms. The van der Waals surface area contributed by atoms with Crippen LogP contribution in [0.25, 0.3) is 0 Å². The van der Waals surface area contributed by atoms with E-state index in [1.807, 2.05) is 12.1 Å². The van der Waals surface area contributed by atoms with Crippen LogP contribution >= 0.6 is 11.3 Å². The summed E-state index contributed by atoms with van der Waals surface area (Å²) in [6.45, 7) is 0. The van der Waals surface area contributed by atoms with Gasteiger partial charge in [-0.1, -0.05) is 6.07 Å². The first-order chi connectivity index (χ1) is 8.34. The number of hydrogen-bond acceptors (Lipinski definition) is 5. The van der Waals surface area contributed by atoms with Crippen LogP contribution < -0.4 is 0 Å². The highest BCUT2D eigenvalue weighted by atomic mass is 32.1. The van der Waals surface area contributed by atoms with E-state index in [-0.39, 0.29) is 12.1 Å². The van der Waals surface area contributed by atoms with Gasteiger partial charge in [0.25, 0.3) is 0 Å². The zero-order valence-electron chi connectivity index (χ0n) is 9.00. The van der Waals surface area contributed by atoms with Gasteiger partial charge < -0.3 is 4.74 Å². The number of fused-ring (bicyclic) bond motifs is 1. The highest BCUT2D eigenvalue weighted by Gasteiger charge is 2.27. The predicted octanol–water partition coefficient (Wildman–Crippen LogP) is 2.38. The van der Waals surface area contributed by atoms with Gasteiger partial charge >= 0.3 is 5.97 Å². The number of nitrogens with zero attached hydrogens (tertiary/aromatic N) is 2. The summed E-state index contributed by atoms with van der Waals surface area (Å²) < 4.78 is 5.42. The van der Waals surface area contributed by atoms with Crippen LogP contribution in [0.1, 0.15) is 34.3 Å². The second-order valence-corrected chi connectivity index (χ2v) is 4.57. The Balaban J connectivity index is 1.78. The molecule has 2 heterocycles. The molecule has 2 aromatic heterocycles. The van der Waals surface area contributed by atoms with Crippen molar-refractivity contribution in [3.05, 3.63) is 46.2 Å². The molecule has 0 amide bonds. The number of pyridine rings is 1. The number of aromatic nitrogens is 2. The molecule has 0 aromatic carbocycles. The molecule has 1 atom stereocenters. The first-order valence-corrected chi connectivity index (χ1v) is 6.32. The van der Waals surface area contributed by atoms with Gasteiger partial charge in [-0.25, -0.2) is 9.78 Å². The summed E-state index contributed by atoms with van der Waals surface area (Å²) in [5.41, 5.74) is 4.05. The van der Waals surface area contributed by atoms with Gasteiger partial charge in [0.2, 0.25) is 0 Å². The number of carbonyl (C=O) groups excluding carboxylic acids is 1. The number of ether oxygens (including phenoxy) is 1. The second kappa shape index (κ2) is 4.25. The summed E-state index contributed by atoms with van der Waals surface area (Å²) in [4.78, 5) is 20.0. The van der Waals surface area contributed by atoms with Crippen molar-refractivity contribution in [2.24, 2.45) is 0 Å². The van der Waals surface area contributed by atoms with Gasteiger partial charge in [-0.2, -0.15) is 0 Å². The van der Waals surface area contributed by atoms with Crippen molar-refractivity contribution >= 4 is 17.3 Å². The van der Waals surface area contributed by atoms with Crippen LogP contribution in [0.4, 0.5) is 0 Å². The van der Waals surface area contributed by atoms with Crippen LogP contribution in [0.2, 0.25) is 0 Å². The van der Waals surface area contributed by atoms with E-state index in [4.69, 9.17) is 4.74 Å². The highest BCUT2D eigenvalue weighted by molar-refractivity contribution is 7.07. The lowest BCUT2D eigenvalue weighted by molar-refractivity contribution is 0.0286. The molecule has 0 N–H and O–H groups in total. The molecule has 0 fully saturated rings. The maximum absolute atomic E-state index is 11.8. The average Bonchev–Trinajstić information content (AvgIpc) is 2.98. The number of hydrogen-bond donors (Lipinski definition) is 0. The van der Waals surface area contributed by atoms with E-state index >= 15 is 0 Å². The highest BCUT2D eigenvalue weighted by Crippen LogP contribution is 2.32. The first-order valence-electron chi connectivity index (χ1n) is 5.37. The normalized spacial score (nSPS) is 17.8. The van der Waals surface area contributed by atoms with Gasteiger partial charge in [0.15, 0.2) is 5.69 Å². The van der Waals surface area contributed by atoms with E-state index in [1.54, 1.807) is 17.1 Å². The summed E-state index contributed by atoms with van der Waals surface area (Å²) in [7, 11) is 0. The molecule has 0 aliphatic heterocycles. The van der Waals surface area contributed by atoms with E-state index < -0.39 is 0 Å². The van der Waals surface area contributed by atoms with Crippen LogP contribution in [-0.2, 0) is 11.2 Å². The molecule has 0 bridgehead atoms. The molecule has 86 valence electrons. The van der Waals surface area contributed by atoms with Crippen molar-refractivity contribution in [1.82, 2.24) is 9.97 Å². The van der Waals surface area contributed by atoms with Crippen molar-refractivity contribution in [2.75, 3.05) is 0 Å². The van der Waals surface area contributed by atoms with Crippen LogP contribution in [0, 0.1) is 0 Å². The molecular formula is C12H10N2O2S. The van der Waals surface area contributed by atoms with E-state index in [1.165, 1.54) is 16.9 Å². The van der Waals surface area contributed by atoms with Crippen LogP contribution in [0.5, 0.6) is 0 Å². The molecule has 4 nitrogen and oxygen atoms in total. The lowest BCUT2D eigenvalue weighted by atomic mass is 10.2. The van der Waals surface area contributed by atoms with Gasteiger partial charge in [0.05, 0.1) is 11.2 Å². The standard InChI is InChI=1S/C12H10N2O2S/c15-12(9-6-17-7-14-9)16-10-4-3-8-2-1-5-13-11(8)10/h1-2,5-7,10H,3-4H2. The molecule has 2 aromatic rings. The summed E-state index contributed by atoms with van der Waals surface area (Å²) in [6, 6.07) is 3.93. The smallest absolute Gasteiger partial charge is 0.358 e. The number of esters is 1. The molecule has 0 spiro atoms. The molecular weight excluding hydrogens is 236 g/mol. The molecule has 1 aliphatic rings. The van der Waals surface area contributed by atoms with Crippen LogP contribution in [0.3, 0.4) is 0 Å². The second-order valence-electron chi connectivity index (χ2n) is 3.85. The lowest BCUT2D eigenvalue weighted by Gasteiger charge is -2.11. The Kier molecular flexibility index (Phi) is 2.60. The summed E-state index contributed by atoms with van der Waals surface area (Å²) in [6.07, 6.45) is 3.23. The minimum Gasteiger partial charge on any atom is -0.451 e. The van der Waals surface area contributed by atoms with Gasteiger partial charge in [-0.3, -0.25) is 4.98 Å². The van der Waals surface area contributed by atoms with Gasteiger partial charge in [0.1, 0.15) is 6.10 Å². The number of rotatable bonds is 2. The SMILES string of the molecule is O=C(OC1CCc2cccnc21)c1cscn1. The van der Waals surface area contributed by atoms with Crippen LogP contribution in [-0.4, -0.2) is 15.9 Å². The van der Waals surface area contributed by atoms with Crippen molar-refractivity contribution in [3.8, 4) is 0 Å². The predicted molar refractivity (Wildman–Crippen MR) is 62.8 cm³/mol. The fourth-order valence-corrected chi connectivity index (χ4v) is 2.51. The van der Waals surface area contributed by atoms with Crippen molar-refractivity contribution in [1.29, 1.82) is 0 Å². The van der Waals surface area contributed by atoms with Crippen molar-refractivity contribution in [2.45, 2.75) is 18.9 Å². The lowest BCUT2D eigenvalue weighted by Crippen LogP contribution is -2.10. The number of carbonyl (C=O) groups is 1. The van der Waals surface area contributed by atoms with Gasteiger partial charge in [-0.15, -0.1) is 11.3 Å². The molecule has 3 rings (SSSR count). The molecule has 0 saturated heterocycles. The monoisotopic (exact) mass is 246 g/mol. The third-order valence-electron chi connectivity index (χ3n) is 2.80. The summed E-state index contributed by atoms with van der Waals surface area (Å²) >= 11 is 1.38. The van der Waals surface area contributed by atoms with Crippen molar-refractivity contribution in [3.63, 3.8) is 0 Å². The molecule has 1 aliphatic carbocycles. The molecule has 0 radical (unpaired) electrons. The maximum atomic E-state index is 11.8. The van der Waals surface area contributed by atoms with E-state index in [9.17, 15) is 4.79 Å².